The number of hydrogen-bond acceptors (Lipinski definition) is 0. The van der Waals surface area contributed by atoms with E-state index in [9.17, 15) is 0 Å². The molecule has 0 atom stereocenters. The molecule has 0 aromatic rings. The van der Waals surface area contributed by atoms with Gasteiger partial charge < -0.3 is 0 Å². The van der Waals surface area contributed by atoms with Gasteiger partial charge in [0.05, 0.1) is 0 Å². The second-order valence-electron chi connectivity index (χ2n) is 9.33. The van der Waals surface area contributed by atoms with Gasteiger partial charge in [0.25, 0.3) is 0 Å². The van der Waals surface area contributed by atoms with Gasteiger partial charge in [-0.1, -0.05) is 155 Å². The zero-order chi connectivity index (χ0) is 20.5. The van der Waals surface area contributed by atoms with E-state index in [4.69, 9.17) is 0 Å². The summed E-state index contributed by atoms with van der Waals surface area (Å²) in [6.07, 6.45) is 32.3. The van der Waals surface area contributed by atoms with Crippen LogP contribution >= 0.6 is 0 Å². The first-order valence-corrected chi connectivity index (χ1v) is 15.1. The molecule has 0 spiro atoms. The molecule has 0 N–H and O–H groups in total. The van der Waals surface area contributed by atoms with Crippen molar-refractivity contribution in [1.82, 2.24) is 0 Å². The van der Waals surface area contributed by atoms with Crippen LogP contribution < -0.4 is 0 Å². The van der Waals surface area contributed by atoms with Crippen LogP contribution in [0.1, 0.15) is 155 Å². The van der Waals surface area contributed by atoms with E-state index in [0.717, 1.165) is 5.54 Å². The second kappa shape index (κ2) is 25.0. The van der Waals surface area contributed by atoms with Crippen LogP contribution in [0.4, 0.5) is 0 Å². The molecular formula is C27H56Si. The van der Waals surface area contributed by atoms with E-state index < -0.39 is 0 Å². The van der Waals surface area contributed by atoms with Crippen LogP contribution in [-0.4, -0.2) is 9.52 Å². The van der Waals surface area contributed by atoms with Crippen LogP contribution in [0, 0.1) is 0 Å². The summed E-state index contributed by atoms with van der Waals surface area (Å²) in [6.45, 7) is 8.67. The minimum atomic E-state index is -0.0124. The zero-order valence-corrected chi connectivity index (χ0v) is 21.5. The fourth-order valence-electron chi connectivity index (χ4n) is 4.46. The second-order valence-corrected chi connectivity index (χ2v) is 11.5. The smallest absolute Gasteiger partial charge is 0.0477 e. The Kier molecular flexibility index (Phi) is 25.0. The zero-order valence-electron chi connectivity index (χ0n) is 20.1. The third-order valence-corrected chi connectivity index (χ3v) is 8.25. The number of rotatable bonds is 24. The molecule has 0 saturated carbocycles. The van der Waals surface area contributed by atoms with Crippen LogP contribution in [0.3, 0.4) is 0 Å². The predicted octanol–water partition coefficient (Wildman–Crippen LogP) is 9.71. The summed E-state index contributed by atoms with van der Waals surface area (Å²) >= 11 is 0. The highest BCUT2D eigenvalue weighted by atomic mass is 28.2. The largest absolute Gasteiger partial charge is 0.108 e. The molecule has 0 nitrogen and oxygen atoms in total. The minimum absolute atomic E-state index is 0.0124. The summed E-state index contributed by atoms with van der Waals surface area (Å²) in [4.78, 5) is 0. The van der Waals surface area contributed by atoms with Gasteiger partial charge in [0.15, 0.2) is 0 Å². The van der Waals surface area contributed by atoms with Gasteiger partial charge in [0.1, 0.15) is 0 Å². The molecule has 0 aliphatic heterocycles. The maximum absolute atomic E-state index is 4.06. The molecular weight excluding hydrogens is 352 g/mol. The molecule has 0 aliphatic rings. The molecule has 0 amide bonds. The quantitative estimate of drug-likeness (QED) is 0.110. The SMILES string of the molecule is C=C[SiH2]C(CCCCCCCCCCCC)CCCCCCCCCCCC. The van der Waals surface area contributed by atoms with Crippen molar-refractivity contribution in [2.24, 2.45) is 0 Å². The highest BCUT2D eigenvalue weighted by molar-refractivity contribution is 6.43. The molecule has 1 heteroatoms. The summed E-state index contributed by atoms with van der Waals surface area (Å²) < 4.78 is 0. The first kappa shape index (κ1) is 28.0. The van der Waals surface area contributed by atoms with Crippen molar-refractivity contribution < 1.29 is 0 Å². The van der Waals surface area contributed by atoms with Crippen LogP contribution in [0.15, 0.2) is 12.3 Å². The Hall–Kier alpha value is -0.0431. The lowest BCUT2D eigenvalue weighted by Crippen LogP contribution is -2.02. The Balaban J connectivity index is 3.42. The highest BCUT2D eigenvalue weighted by Gasteiger charge is 2.07. The maximum atomic E-state index is 4.06. The molecule has 0 saturated heterocycles. The van der Waals surface area contributed by atoms with Gasteiger partial charge in [0, 0.05) is 9.52 Å². The van der Waals surface area contributed by atoms with Gasteiger partial charge in [-0.15, -0.1) is 12.3 Å². The monoisotopic (exact) mass is 408 g/mol. The molecule has 0 unspecified atom stereocenters. The predicted molar refractivity (Wildman–Crippen MR) is 135 cm³/mol. The van der Waals surface area contributed by atoms with Crippen molar-refractivity contribution >= 4 is 9.52 Å². The summed E-state index contributed by atoms with van der Waals surface area (Å²) in [5.41, 5.74) is 3.36. The van der Waals surface area contributed by atoms with Crippen molar-refractivity contribution in [3.05, 3.63) is 12.3 Å². The maximum Gasteiger partial charge on any atom is 0.0477 e. The van der Waals surface area contributed by atoms with E-state index in [1.54, 1.807) is 0 Å². The summed E-state index contributed by atoms with van der Waals surface area (Å²) in [5, 5.41) is 0. The van der Waals surface area contributed by atoms with Crippen molar-refractivity contribution in [3.8, 4) is 0 Å². The minimum Gasteiger partial charge on any atom is -0.108 e. The molecule has 168 valence electrons. The lowest BCUT2D eigenvalue weighted by Gasteiger charge is -2.14. The van der Waals surface area contributed by atoms with Gasteiger partial charge in [-0.05, 0) is 5.54 Å². The van der Waals surface area contributed by atoms with Crippen LogP contribution in [0.25, 0.3) is 0 Å². The molecule has 0 aromatic heterocycles. The Morgan fingerprint density at radius 1 is 0.500 bits per heavy atom. The fourth-order valence-corrected chi connectivity index (χ4v) is 5.98. The first-order valence-electron chi connectivity index (χ1n) is 13.5. The normalized spacial score (nSPS) is 11.8. The molecule has 0 fully saturated rings. The van der Waals surface area contributed by atoms with Gasteiger partial charge in [-0.2, -0.15) is 0 Å². The van der Waals surface area contributed by atoms with E-state index in [0.29, 0.717) is 0 Å². The Labute approximate surface area is 182 Å². The molecule has 0 rings (SSSR count). The van der Waals surface area contributed by atoms with Crippen LogP contribution in [-0.2, 0) is 0 Å². The molecule has 0 bridgehead atoms. The summed E-state index contributed by atoms with van der Waals surface area (Å²) in [6, 6.07) is 0. The van der Waals surface area contributed by atoms with Gasteiger partial charge >= 0.3 is 0 Å². The lowest BCUT2D eigenvalue weighted by molar-refractivity contribution is 0.517. The average molecular weight is 409 g/mol. The van der Waals surface area contributed by atoms with E-state index in [-0.39, 0.29) is 9.52 Å². The number of hydrogen-bond donors (Lipinski definition) is 0. The lowest BCUT2D eigenvalue weighted by atomic mass is 10.0. The van der Waals surface area contributed by atoms with E-state index in [1.807, 2.05) is 0 Å². The molecule has 0 aliphatic carbocycles. The summed E-state index contributed by atoms with van der Waals surface area (Å²) in [7, 11) is -0.0124. The van der Waals surface area contributed by atoms with Crippen molar-refractivity contribution in [2.45, 2.75) is 161 Å². The van der Waals surface area contributed by atoms with Gasteiger partial charge in [-0.3, -0.25) is 0 Å². The van der Waals surface area contributed by atoms with Crippen molar-refractivity contribution in [2.75, 3.05) is 0 Å². The van der Waals surface area contributed by atoms with Crippen LogP contribution in [0.5, 0.6) is 0 Å². The van der Waals surface area contributed by atoms with Crippen molar-refractivity contribution in [1.29, 1.82) is 0 Å². The summed E-state index contributed by atoms with van der Waals surface area (Å²) in [5.74, 6) is 0. The fraction of sp³-hybridized carbons (Fsp3) is 0.926. The Morgan fingerprint density at radius 3 is 1.07 bits per heavy atom. The highest BCUT2D eigenvalue weighted by Crippen LogP contribution is 2.23. The Morgan fingerprint density at radius 2 is 0.786 bits per heavy atom. The topological polar surface area (TPSA) is 0 Å². The van der Waals surface area contributed by atoms with E-state index in [1.165, 1.54) is 141 Å². The number of unbranched alkanes of at least 4 members (excludes halogenated alkanes) is 18. The molecule has 0 aromatic carbocycles. The molecule has 28 heavy (non-hydrogen) atoms. The molecule has 0 radical (unpaired) electrons. The van der Waals surface area contributed by atoms with E-state index >= 15 is 0 Å². The van der Waals surface area contributed by atoms with Gasteiger partial charge in [-0.25, -0.2) is 0 Å². The Bertz CT molecular complexity index is 262. The van der Waals surface area contributed by atoms with Crippen molar-refractivity contribution in [3.63, 3.8) is 0 Å². The van der Waals surface area contributed by atoms with Crippen LogP contribution in [0.2, 0.25) is 5.54 Å². The van der Waals surface area contributed by atoms with Gasteiger partial charge in [0.2, 0.25) is 0 Å². The van der Waals surface area contributed by atoms with E-state index in [2.05, 4.69) is 26.1 Å². The third kappa shape index (κ3) is 22.2. The third-order valence-electron chi connectivity index (χ3n) is 6.43. The first-order chi connectivity index (χ1) is 13.8. The standard InChI is InChI=1S/C27H56Si/c1-4-7-9-11-13-15-17-19-21-23-25-27(28-6-3)26-24-22-20-18-16-14-12-10-8-5-2/h6,27H,3-5,7-26,28H2,1-2H3. The molecule has 0 heterocycles. The average Bonchev–Trinajstić information content (AvgIpc) is 2.70.